The number of benzene rings is 1. The highest BCUT2D eigenvalue weighted by atomic mass is 35.5. The Labute approximate surface area is 179 Å². The molecule has 5 nitrogen and oxygen atoms in total. The smallest absolute Gasteiger partial charge is 0.227 e. The van der Waals surface area contributed by atoms with Crippen LogP contribution in [0.4, 0.5) is 5.69 Å². The van der Waals surface area contributed by atoms with E-state index in [4.69, 9.17) is 17.3 Å². The summed E-state index contributed by atoms with van der Waals surface area (Å²) in [4.78, 5) is 27.3. The summed E-state index contributed by atoms with van der Waals surface area (Å²) in [5.41, 5.74) is 7.91. The van der Waals surface area contributed by atoms with Crippen LogP contribution in [-0.2, 0) is 16.1 Å². The Kier molecular flexibility index (Phi) is 6.90. The summed E-state index contributed by atoms with van der Waals surface area (Å²) < 4.78 is 0. The third kappa shape index (κ3) is 6.19. The molecule has 0 heterocycles. The number of nitrogens with two attached hydrogens (primary N) is 1. The number of hydrogen-bond acceptors (Lipinski definition) is 3. The van der Waals surface area contributed by atoms with E-state index in [-0.39, 0.29) is 35.2 Å². The number of anilines is 1. The van der Waals surface area contributed by atoms with Gasteiger partial charge in [-0.1, -0.05) is 45.2 Å². The predicted molar refractivity (Wildman–Crippen MR) is 118 cm³/mol. The number of carbonyl (C=O) groups is 2. The van der Waals surface area contributed by atoms with Crippen molar-refractivity contribution < 1.29 is 9.59 Å². The Hall–Kier alpha value is -1.59. The van der Waals surface area contributed by atoms with Gasteiger partial charge in [0.1, 0.15) is 0 Å². The fourth-order valence-corrected chi connectivity index (χ4v) is 4.20. The number of nitrogens with one attached hydrogen (secondary N) is 1. The number of halogens is 1. The monoisotopic (exact) mass is 419 g/mol. The van der Waals surface area contributed by atoms with Gasteiger partial charge in [-0.2, -0.15) is 0 Å². The van der Waals surface area contributed by atoms with Gasteiger partial charge in [-0.15, -0.1) is 0 Å². The molecule has 2 saturated carbocycles. The average Bonchev–Trinajstić information content (AvgIpc) is 3.46. The van der Waals surface area contributed by atoms with Gasteiger partial charge in [-0.25, -0.2) is 0 Å². The van der Waals surface area contributed by atoms with Gasteiger partial charge in [0.15, 0.2) is 0 Å². The van der Waals surface area contributed by atoms with E-state index in [1.165, 1.54) is 0 Å². The third-order valence-corrected chi connectivity index (χ3v) is 6.15. The van der Waals surface area contributed by atoms with Crippen LogP contribution >= 0.6 is 11.6 Å². The van der Waals surface area contributed by atoms with Crippen molar-refractivity contribution in [3.63, 3.8) is 0 Å². The van der Waals surface area contributed by atoms with E-state index in [2.05, 4.69) is 26.1 Å². The molecule has 2 fully saturated rings. The lowest BCUT2D eigenvalue weighted by molar-refractivity contribution is -0.137. The molecule has 3 rings (SSSR count). The van der Waals surface area contributed by atoms with Gasteiger partial charge in [0.05, 0.1) is 0 Å². The highest BCUT2D eigenvalue weighted by molar-refractivity contribution is 6.31. The minimum absolute atomic E-state index is 0.0100. The van der Waals surface area contributed by atoms with E-state index < -0.39 is 0 Å². The molecule has 3 N–H and O–H groups in total. The Morgan fingerprint density at radius 1 is 1.17 bits per heavy atom. The van der Waals surface area contributed by atoms with Gasteiger partial charge in [0, 0.05) is 41.7 Å². The Morgan fingerprint density at radius 2 is 1.86 bits per heavy atom. The molecule has 0 spiro atoms. The zero-order valence-corrected chi connectivity index (χ0v) is 18.6. The molecule has 160 valence electrons. The molecular formula is C23H34ClN3O2. The molecule has 0 saturated heterocycles. The van der Waals surface area contributed by atoms with Crippen LogP contribution in [0.25, 0.3) is 0 Å². The van der Waals surface area contributed by atoms with Crippen LogP contribution in [0.1, 0.15) is 71.3 Å². The number of rotatable bonds is 6. The fraction of sp³-hybridized carbons (Fsp3) is 0.652. The summed E-state index contributed by atoms with van der Waals surface area (Å²) in [5, 5.41) is 3.58. The zero-order chi connectivity index (χ0) is 21.2. The molecule has 2 atom stereocenters. The standard InChI is InChI=1S/C23H34ClN3O2/c1-23(2,3)13-21(28)27(20-7-5-4-6-19(20)25)14-16-12-17(10-11-18(16)24)26-22(29)15-8-9-15/h10-12,15,19-20H,4-9,13-14,25H2,1-3H3,(H,26,29). The number of nitrogens with zero attached hydrogens (tertiary/aromatic N) is 1. The first-order valence-corrected chi connectivity index (χ1v) is 11.2. The van der Waals surface area contributed by atoms with Gasteiger partial charge in [-0.3, -0.25) is 9.59 Å². The van der Waals surface area contributed by atoms with Crippen molar-refractivity contribution >= 4 is 29.1 Å². The van der Waals surface area contributed by atoms with Crippen molar-refractivity contribution in [3.8, 4) is 0 Å². The van der Waals surface area contributed by atoms with E-state index >= 15 is 0 Å². The SMILES string of the molecule is CC(C)(C)CC(=O)N(Cc1cc(NC(=O)C2CC2)ccc1Cl)C1CCCCC1N. The second-order valence-corrected chi connectivity index (χ2v) is 10.3. The Balaban J connectivity index is 1.82. The lowest BCUT2D eigenvalue weighted by Gasteiger charge is -2.39. The maximum Gasteiger partial charge on any atom is 0.227 e. The quantitative estimate of drug-likeness (QED) is 0.700. The van der Waals surface area contributed by atoms with E-state index in [1.807, 2.05) is 17.0 Å². The van der Waals surface area contributed by atoms with Crippen molar-refractivity contribution in [2.24, 2.45) is 17.1 Å². The van der Waals surface area contributed by atoms with Crippen molar-refractivity contribution in [1.82, 2.24) is 4.90 Å². The summed E-state index contributed by atoms with van der Waals surface area (Å²) >= 11 is 6.48. The summed E-state index contributed by atoms with van der Waals surface area (Å²) in [6.07, 6.45) is 6.45. The molecule has 2 unspecified atom stereocenters. The fourth-order valence-electron chi connectivity index (χ4n) is 4.02. The first-order chi connectivity index (χ1) is 13.6. The van der Waals surface area contributed by atoms with Crippen LogP contribution in [0, 0.1) is 11.3 Å². The van der Waals surface area contributed by atoms with Crippen LogP contribution < -0.4 is 11.1 Å². The molecular weight excluding hydrogens is 386 g/mol. The van der Waals surface area contributed by atoms with Crippen molar-refractivity contribution in [2.45, 2.75) is 84.3 Å². The maximum absolute atomic E-state index is 13.2. The summed E-state index contributed by atoms with van der Waals surface area (Å²) in [7, 11) is 0. The molecule has 0 bridgehead atoms. The largest absolute Gasteiger partial charge is 0.334 e. The van der Waals surface area contributed by atoms with E-state index in [0.29, 0.717) is 18.0 Å². The summed E-state index contributed by atoms with van der Waals surface area (Å²) in [6.45, 7) is 6.64. The van der Waals surface area contributed by atoms with Crippen LogP contribution in [0.3, 0.4) is 0 Å². The molecule has 1 aromatic carbocycles. The molecule has 1 aromatic rings. The minimum atomic E-state index is -0.0992. The highest BCUT2D eigenvalue weighted by Crippen LogP contribution is 2.32. The summed E-state index contributed by atoms with van der Waals surface area (Å²) in [5.74, 6) is 0.316. The van der Waals surface area contributed by atoms with Crippen LogP contribution in [0.15, 0.2) is 18.2 Å². The number of amides is 2. The van der Waals surface area contributed by atoms with Gasteiger partial charge in [-0.05, 0) is 54.9 Å². The average molecular weight is 420 g/mol. The van der Waals surface area contributed by atoms with Crippen LogP contribution in [-0.4, -0.2) is 28.8 Å². The lowest BCUT2D eigenvalue weighted by Crippen LogP contribution is -2.52. The topological polar surface area (TPSA) is 75.4 Å². The van der Waals surface area contributed by atoms with Gasteiger partial charge in [0.2, 0.25) is 11.8 Å². The lowest BCUT2D eigenvalue weighted by atomic mass is 9.87. The van der Waals surface area contributed by atoms with E-state index in [1.54, 1.807) is 6.07 Å². The van der Waals surface area contributed by atoms with Crippen LogP contribution in [0.5, 0.6) is 0 Å². The molecule has 0 aromatic heterocycles. The van der Waals surface area contributed by atoms with E-state index in [9.17, 15) is 9.59 Å². The molecule has 0 radical (unpaired) electrons. The van der Waals surface area contributed by atoms with Gasteiger partial charge < -0.3 is 16.0 Å². The van der Waals surface area contributed by atoms with Gasteiger partial charge in [0.25, 0.3) is 0 Å². The normalized spacial score (nSPS) is 22.2. The maximum atomic E-state index is 13.2. The molecule has 0 aliphatic heterocycles. The second kappa shape index (κ2) is 9.05. The first-order valence-electron chi connectivity index (χ1n) is 10.8. The van der Waals surface area contributed by atoms with Gasteiger partial charge >= 0.3 is 0 Å². The highest BCUT2D eigenvalue weighted by Gasteiger charge is 2.33. The predicted octanol–water partition coefficient (Wildman–Crippen LogP) is 4.72. The molecule has 6 heteroatoms. The Morgan fingerprint density at radius 3 is 2.48 bits per heavy atom. The minimum Gasteiger partial charge on any atom is -0.334 e. The third-order valence-electron chi connectivity index (χ3n) is 5.79. The van der Waals surface area contributed by atoms with Crippen molar-refractivity contribution in [3.05, 3.63) is 28.8 Å². The summed E-state index contributed by atoms with van der Waals surface area (Å²) in [6, 6.07) is 5.53. The Bertz CT molecular complexity index is 755. The zero-order valence-electron chi connectivity index (χ0n) is 17.8. The van der Waals surface area contributed by atoms with Crippen molar-refractivity contribution in [2.75, 3.05) is 5.32 Å². The number of carbonyl (C=O) groups excluding carboxylic acids is 2. The second-order valence-electron chi connectivity index (χ2n) is 9.84. The number of hydrogen-bond donors (Lipinski definition) is 2. The van der Waals surface area contributed by atoms with Crippen molar-refractivity contribution in [1.29, 1.82) is 0 Å². The van der Waals surface area contributed by atoms with E-state index in [0.717, 1.165) is 49.8 Å². The molecule has 2 amide bonds. The van der Waals surface area contributed by atoms with Crippen LogP contribution in [0.2, 0.25) is 5.02 Å². The first kappa shape index (κ1) is 22.1. The molecule has 2 aliphatic rings. The molecule has 29 heavy (non-hydrogen) atoms. The molecule has 2 aliphatic carbocycles.